The molecule has 1 aliphatic carbocycles. The summed E-state index contributed by atoms with van der Waals surface area (Å²) in [6.07, 6.45) is 4.39. The van der Waals surface area contributed by atoms with Gasteiger partial charge in [-0.3, -0.25) is 0 Å². The SMILES string of the molecule is CC(C)(C)c1ccc(S(=O)(=O)N2C3CCCCC32)cc1. The van der Waals surface area contributed by atoms with E-state index >= 15 is 0 Å². The Morgan fingerprint density at radius 2 is 1.50 bits per heavy atom. The van der Waals surface area contributed by atoms with Crippen molar-refractivity contribution in [2.75, 3.05) is 0 Å². The van der Waals surface area contributed by atoms with Crippen molar-refractivity contribution in [2.45, 2.75) is 68.8 Å². The van der Waals surface area contributed by atoms with E-state index in [4.69, 9.17) is 0 Å². The first-order chi connectivity index (χ1) is 9.32. The van der Waals surface area contributed by atoms with Crippen LogP contribution in [0, 0.1) is 0 Å². The molecule has 3 rings (SSSR count). The topological polar surface area (TPSA) is 37.1 Å². The quantitative estimate of drug-likeness (QED) is 0.785. The molecule has 20 heavy (non-hydrogen) atoms. The van der Waals surface area contributed by atoms with Crippen LogP contribution in [0.4, 0.5) is 0 Å². The first-order valence-electron chi connectivity index (χ1n) is 7.46. The summed E-state index contributed by atoms with van der Waals surface area (Å²) >= 11 is 0. The lowest BCUT2D eigenvalue weighted by Crippen LogP contribution is -2.16. The van der Waals surface area contributed by atoms with Gasteiger partial charge in [0.05, 0.1) is 4.90 Å². The zero-order valence-corrected chi connectivity index (χ0v) is 13.3. The summed E-state index contributed by atoms with van der Waals surface area (Å²) in [7, 11) is -3.28. The molecule has 1 aromatic carbocycles. The second kappa shape index (κ2) is 4.57. The Balaban J connectivity index is 1.85. The number of hydrogen-bond donors (Lipinski definition) is 0. The van der Waals surface area contributed by atoms with Gasteiger partial charge in [0, 0.05) is 12.1 Å². The maximum absolute atomic E-state index is 12.6. The van der Waals surface area contributed by atoms with Crippen molar-refractivity contribution in [2.24, 2.45) is 0 Å². The normalized spacial score (nSPS) is 29.9. The second-order valence-corrected chi connectivity index (χ2v) is 8.87. The van der Waals surface area contributed by atoms with Gasteiger partial charge in [-0.15, -0.1) is 0 Å². The molecule has 1 aromatic rings. The van der Waals surface area contributed by atoms with Gasteiger partial charge in [0.1, 0.15) is 0 Å². The van der Waals surface area contributed by atoms with Crippen molar-refractivity contribution in [3.63, 3.8) is 0 Å². The van der Waals surface area contributed by atoms with Gasteiger partial charge in [-0.05, 0) is 36.0 Å². The maximum Gasteiger partial charge on any atom is 0.243 e. The molecule has 0 spiro atoms. The third-order valence-electron chi connectivity index (χ3n) is 4.55. The summed E-state index contributed by atoms with van der Waals surface area (Å²) in [5.41, 5.74) is 1.22. The molecular formula is C16H23NO2S. The van der Waals surface area contributed by atoms with Gasteiger partial charge in [0.2, 0.25) is 10.0 Å². The molecule has 1 saturated heterocycles. The van der Waals surface area contributed by atoms with Crippen LogP contribution in [0.5, 0.6) is 0 Å². The Morgan fingerprint density at radius 3 is 1.95 bits per heavy atom. The minimum Gasteiger partial charge on any atom is -0.207 e. The van der Waals surface area contributed by atoms with E-state index < -0.39 is 10.0 Å². The molecule has 2 fully saturated rings. The molecule has 110 valence electrons. The molecule has 2 aliphatic rings. The molecule has 0 amide bonds. The molecule has 1 heterocycles. The minimum absolute atomic E-state index is 0.0517. The van der Waals surface area contributed by atoms with E-state index in [0.29, 0.717) is 4.90 Å². The van der Waals surface area contributed by atoms with E-state index in [1.807, 2.05) is 12.1 Å². The molecule has 0 N–H and O–H groups in total. The number of fused-ring (bicyclic) bond motifs is 1. The number of benzene rings is 1. The second-order valence-electron chi connectivity index (χ2n) is 7.03. The predicted octanol–water partition coefficient (Wildman–Crippen LogP) is 3.30. The van der Waals surface area contributed by atoms with Crippen molar-refractivity contribution >= 4 is 10.0 Å². The van der Waals surface area contributed by atoms with Crippen LogP contribution in [0.3, 0.4) is 0 Å². The Kier molecular flexibility index (Phi) is 3.22. The highest BCUT2D eigenvalue weighted by Crippen LogP contribution is 2.44. The van der Waals surface area contributed by atoms with Gasteiger partial charge in [-0.25, -0.2) is 8.42 Å². The fourth-order valence-electron chi connectivity index (χ4n) is 3.26. The highest BCUT2D eigenvalue weighted by atomic mass is 32.2. The molecule has 0 bridgehead atoms. The fourth-order valence-corrected chi connectivity index (χ4v) is 5.13. The Labute approximate surface area is 122 Å². The Hall–Kier alpha value is -0.870. The molecule has 2 atom stereocenters. The van der Waals surface area contributed by atoms with Gasteiger partial charge >= 0.3 is 0 Å². The molecule has 0 radical (unpaired) electrons. The summed E-state index contributed by atoms with van der Waals surface area (Å²) in [6.45, 7) is 6.40. The lowest BCUT2D eigenvalue weighted by molar-refractivity contribution is 0.544. The summed E-state index contributed by atoms with van der Waals surface area (Å²) in [5.74, 6) is 0. The summed E-state index contributed by atoms with van der Waals surface area (Å²) in [6, 6.07) is 7.97. The average molecular weight is 293 g/mol. The van der Waals surface area contributed by atoms with Crippen molar-refractivity contribution in [1.29, 1.82) is 0 Å². The van der Waals surface area contributed by atoms with E-state index in [9.17, 15) is 8.42 Å². The van der Waals surface area contributed by atoms with Crippen LogP contribution < -0.4 is 0 Å². The fraction of sp³-hybridized carbons (Fsp3) is 0.625. The lowest BCUT2D eigenvalue weighted by Gasteiger charge is -2.19. The highest BCUT2D eigenvalue weighted by Gasteiger charge is 2.55. The lowest BCUT2D eigenvalue weighted by atomic mass is 9.87. The zero-order valence-electron chi connectivity index (χ0n) is 12.5. The predicted molar refractivity (Wildman–Crippen MR) is 80.2 cm³/mol. The van der Waals surface area contributed by atoms with Crippen LogP contribution in [0.2, 0.25) is 0 Å². The van der Waals surface area contributed by atoms with Crippen LogP contribution in [0.15, 0.2) is 29.2 Å². The molecule has 2 unspecified atom stereocenters. The van der Waals surface area contributed by atoms with E-state index in [1.165, 1.54) is 5.56 Å². The summed E-state index contributed by atoms with van der Waals surface area (Å²) in [4.78, 5) is 0.444. The number of rotatable bonds is 2. The molecule has 0 aromatic heterocycles. The third kappa shape index (κ3) is 2.29. The van der Waals surface area contributed by atoms with Crippen LogP contribution in [-0.2, 0) is 15.4 Å². The first kappa shape index (κ1) is 14.1. The van der Waals surface area contributed by atoms with Crippen molar-refractivity contribution in [1.82, 2.24) is 4.31 Å². The van der Waals surface area contributed by atoms with Crippen LogP contribution in [0.1, 0.15) is 52.0 Å². The molecule has 3 nitrogen and oxygen atoms in total. The Morgan fingerprint density at radius 1 is 1.00 bits per heavy atom. The molecular weight excluding hydrogens is 270 g/mol. The van der Waals surface area contributed by atoms with Gasteiger partial charge in [0.15, 0.2) is 0 Å². The van der Waals surface area contributed by atoms with Crippen LogP contribution in [0.25, 0.3) is 0 Å². The number of nitrogens with zero attached hydrogens (tertiary/aromatic N) is 1. The van der Waals surface area contributed by atoms with E-state index in [0.717, 1.165) is 25.7 Å². The summed E-state index contributed by atoms with van der Waals surface area (Å²) < 4.78 is 27.0. The van der Waals surface area contributed by atoms with Gasteiger partial charge in [0.25, 0.3) is 0 Å². The maximum atomic E-state index is 12.6. The van der Waals surface area contributed by atoms with Gasteiger partial charge < -0.3 is 0 Å². The number of hydrogen-bond acceptors (Lipinski definition) is 2. The van der Waals surface area contributed by atoms with Crippen molar-refractivity contribution in [3.05, 3.63) is 29.8 Å². The summed E-state index contributed by atoms with van der Waals surface area (Å²) in [5, 5.41) is 0. The van der Waals surface area contributed by atoms with E-state index in [1.54, 1.807) is 16.4 Å². The van der Waals surface area contributed by atoms with Crippen molar-refractivity contribution < 1.29 is 8.42 Å². The van der Waals surface area contributed by atoms with Crippen molar-refractivity contribution in [3.8, 4) is 0 Å². The van der Waals surface area contributed by atoms with Gasteiger partial charge in [-0.1, -0.05) is 45.7 Å². The standard InChI is InChI=1S/C16H23NO2S/c1-16(2,3)12-8-10-13(11-9-12)20(18,19)17-14-6-4-5-7-15(14)17/h8-11,14-15H,4-7H2,1-3H3. The smallest absolute Gasteiger partial charge is 0.207 e. The van der Waals surface area contributed by atoms with E-state index in [-0.39, 0.29) is 17.5 Å². The van der Waals surface area contributed by atoms with Crippen LogP contribution >= 0.6 is 0 Å². The number of sulfonamides is 1. The average Bonchev–Trinajstić information content (AvgIpc) is 3.13. The van der Waals surface area contributed by atoms with E-state index in [2.05, 4.69) is 20.8 Å². The van der Waals surface area contributed by atoms with Crippen LogP contribution in [-0.4, -0.2) is 24.8 Å². The highest BCUT2D eigenvalue weighted by molar-refractivity contribution is 7.89. The first-order valence-corrected chi connectivity index (χ1v) is 8.90. The van der Waals surface area contributed by atoms with Gasteiger partial charge in [-0.2, -0.15) is 4.31 Å². The monoisotopic (exact) mass is 293 g/mol. The molecule has 1 saturated carbocycles. The zero-order chi connectivity index (χ0) is 14.5. The third-order valence-corrected chi connectivity index (χ3v) is 6.52. The molecule has 1 aliphatic heterocycles. The minimum atomic E-state index is -3.28. The largest absolute Gasteiger partial charge is 0.243 e. The molecule has 4 heteroatoms. The Bertz CT molecular complexity index is 586.